The van der Waals surface area contributed by atoms with Gasteiger partial charge in [0.15, 0.2) is 0 Å². The number of rotatable bonds is 11. The van der Waals surface area contributed by atoms with E-state index in [1.165, 1.54) is 16.4 Å². The molecule has 1 aliphatic heterocycles. The second-order valence-electron chi connectivity index (χ2n) is 9.17. The molecule has 3 rings (SSSR count). The number of carbonyl (C=O) groups is 2. The molecule has 12 heteroatoms. The van der Waals surface area contributed by atoms with Gasteiger partial charge in [0.2, 0.25) is 10.0 Å². The van der Waals surface area contributed by atoms with Gasteiger partial charge in [0, 0.05) is 51.0 Å². The Balaban J connectivity index is 1.71. The van der Waals surface area contributed by atoms with Crippen molar-refractivity contribution in [3.05, 3.63) is 58.7 Å². The largest absolute Gasteiger partial charge is 0.471 e. The van der Waals surface area contributed by atoms with Crippen molar-refractivity contribution in [2.24, 2.45) is 0 Å². The highest BCUT2D eigenvalue weighted by Gasteiger charge is 2.43. The normalized spacial score (nSPS) is 13.8. The topological polar surface area (TPSA) is 87.2 Å². The first-order chi connectivity index (χ1) is 17.9. The summed E-state index contributed by atoms with van der Waals surface area (Å²) in [5, 5.41) is 0. The molecule has 38 heavy (non-hydrogen) atoms. The number of hydrogen-bond donors (Lipinski definition) is 0. The van der Waals surface area contributed by atoms with Crippen LogP contribution < -0.4 is 4.90 Å². The van der Waals surface area contributed by atoms with Gasteiger partial charge < -0.3 is 14.5 Å². The predicted octanol–water partition coefficient (Wildman–Crippen LogP) is 3.65. The van der Waals surface area contributed by atoms with Gasteiger partial charge in [-0.05, 0) is 48.6 Å². The van der Waals surface area contributed by atoms with Gasteiger partial charge in [-0.3, -0.25) is 9.59 Å². The van der Waals surface area contributed by atoms with Crippen LogP contribution in [0.5, 0.6) is 0 Å². The number of halogens is 3. The molecular formula is C26H32F3N3O5S. The highest BCUT2D eigenvalue weighted by atomic mass is 32.2. The summed E-state index contributed by atoms with van der Waals surface area (Å²) < 4.78 is 71.7. The summed E-state index contributed by atoms with van der Waals surface area (Å²) in [6.45, 7) is 4.79. The molecule has 0 fully saturated rings. The third-order valence-electron chi connectivity index (χ3n) is 6.62. The molecule has 0 aliphatic carbocycles. The van der Waals surface area contributed by atoms with Crippen molar-refractivity contribution >= 4 is 28.1 Å². The molecule has 0 aromatic heterocycles. The molecule has 0 spiro atoms. The zero-order chi connectivity index (χ0) is 28.1. The van der Waals surface area contributed by atoms with Crippen LogP contribution in [0.1, 0.15) is 35.6 Å². The summed E-state index contributed by atoms with van der Waals surface area (Å²) in [6, 6.07) is 10.1. The predicted molar refractivity (Wildman–Crippen MR) is 136 cm³/mol. The maximum Gasteiger partial charge on any atom is 0.471 e. The first-order valence-electron chi connectivity index (χ1n) is 12.2. The number of para-hydroxylation sites is 1. The minimum absolute atomic E-state index is 0.0139. The van der Waals surface area contributed by atoms with Crippen LogP contribution in [-0.4, -0.2) is 69.4 Å². The molecule has 0 saturated carbocycles. The molecule has 2 aromatic carbocycles. The summed E-state index contributed by atoms with van der Waals surface area (Å²) in [7, 11) is -2.03. The zero-order valence-electron chi connectivity index (χ0n) is 21.6. The van der Waals surface area contributed by atoms with E-state index in [4.69, 9.17) is 4.74 Å². The van der Waals surface area contributed by atoms with Gasteiger partial charge >= 0.3 is 12.1 Å². The van der Waals surface area contributed by atoms with Crippen molar-refractivity contribution in [3.8, 4) is 0 Å². The van der Waals surface area contributed by atoms with Gasteiger partial charge in [0.05, 0.1) is 4.90 Å². The lowest BCUT2D eigenvalue weighted by Crippen LogP contribution is -2.43. The van der Waals surface area contributed by atoms with Crippen molar-refractivity contribution in [2.45, 2.75) is 50.9 Å². The number of anilines is 1. The monoisotopic (exact) mass is 555 g/mol. The van der Waals surface area contributed by atoms with Crippen LogP contribution in [0.15, 0.2) is 41.3 Å². The van der Waals surface area contributed by atoms with Crippen LogP contribution >= 0.6 is 0 Å². The van der Waals surface area contributed by atoms with Crippen LogP contribution in [0.25, 0.3) is 0 Å². The maximum absolute atomic E-state index is 13.4. The van der Waals surface area contributed by atoms with E-state index in [9.17, 15) is 31.2 Å². The quantitative estimate of drug-likeness (QED) is 0.394. The average molecular weight is 556 g/mol. The van der Waals surface area contributed by atoms with Crippen LogP contribution in [-0.2, 0) is 43.9 Å². The van der Waals surface area contributed by atoms with E-state index in [1.807, 2.05) is 37.1 Å². The zero-order valence-corrected chi connectivity index (χ0v) is 22.4. The van der Waals surface area contributed by atoms with E-state index in [2.05, 4.69) is 0 Å². The number of carbonyl (C=O) groups excluding carboxylic acids is 2. The lowest BCUT2D eigenvalue weighted by Gasteiger charge is -2.30. The molecule has 0 bridgehead atoms. The number of benzene rings is 2. The smallest absolute Gasteiger partial charge is 0.463 e. The minimum atomic E-state index is -4.98. The number of nitrogens with zero attached hydrogens (tertiary/aromatic N) is 3. The summed E-state index contributed by atoms with van der Waals surface area (Å²) >= 11 is 0. The van der Waals surface area contributed by atoms with Crippen LogP contribution in [0.2, 0.25) is 0 Å². The number of aryl methyl sites for hydroxylation is 1. The average Bonchev–Trinajstić information content (AvgIpc) is 2.87. The molecular weight excluding hydrogens is 523 g/mol. The first kappa shape index (κ1) is 29.4. The van der Waals surface area contributed by atoms with Gasteiger partial charge in [-0.15, -0.1) is 0 Å². The Morgan fingerprint density at radius 3 is 2.55 bits per heavy atom. The summed E-state index contributed by atoms with van der Waals surface area (Å²) in [4.78, 5) is 25.0. The van der Waals surface area contributed by atoms with Crippen LogP contribution in [0.4, 0.5) is 18.9 Å². The third-order valence-corrected chi connectivity index (χ3v) is 8.59. The minimum Gasteiger partial charge on any atom is -0.463 e. The Morgan fingerprint density at radius 1 is 1.16 bits per heavy atom. The van der Waals surface area contributed by atoms with E-state index < -0.39 is 22.1 Å². The third kappa shape index (κ3) is 6.65. The molecule has 1 heterocycles. The van der Waals surface area contributed by atoms with E-state index in [0.717, 1.165) is 22.4 Å². The van der Waals surface area contributed by atoms with Crippen molar-refractivity contribution in [2.75, 3.05) is 38.1 Å². The summed E-state index contributed by atoms with van der Waals surface area (Å²) in [5.74, 6) is -1.93. The van der Waals surface area contributed by atoms with Crippen molar-refractivity contribution in [1.29, 1.82) is 0 Å². The fourth-order valence-electron chi connectivity index (χ4n) is 4.75. The Hall–Kier alpha value is -3.12. The Morgan fingerprint density at radius 2 is 1.89 bits per heavy atom. The molecule has 208 valence electrons. The SMILES string of the molecule is CCN(CCCN(C)c1c(C)cccc1COC=O)S(=O)(=O)c1ccc2c(c1)CN(C(=O)C(F)(F)F)CC2. The van der Waals surface area contributed by atoms with Gasteiger partial charge in [-0.1, -0.05) is 31.2 Å². The fraction of sp³-hybridized carbons (Fsp3) is 0.462. The molecule has 1 aliphatic rings. The standard InChI is InChI=1S/C26H32F3N3O5S/c1-4-32(13-6-12-30(3)24-19(2)7-5-8-21(24)17-37-18-33)38(35,36)23-10-9-20-11-14-31(16-22(20)15-23)25(34)26(27,28)29/h5,7-10,15,18H,4,6,11-14,16-17H2,1-3H3. The van der Waals surface area contributed by atoms with Crippen LogP contribution in [0, 0.1) is 6.92 Å². The van der Waals surface area contributed by atoms with E-state index in [0.29, 0.717) is 29.9 Å². The highest BCUT2D eigenvalue weighted by Crippen LogP contribution is 2.28. The molecule has 0 radical (unpaired) electrons. The van der Waals surface area contributed by atoms with E-state index >= 15 is 0 Å². The summed E-state index contributed by atoms with van der Waals surface area (Å²) in [5.41, 5.74) is 3.87. The molecule has 0 atom stereocenters. The Labute approximate surface area is 221 Å². The van der Waals surface area contributed by atoms with Gasteiger partial charge in [-0.25, -0.2) is 8.42 Å². The van der Waals surface area contributed by atoms with Crippen molar-refractivity contribution in [1.82, 2.24) is 9.21 Å². The lowest BCUT2D eigenvalue weighted by molar-refractivity contribution is -0.186. The lowest BCUT2D eigenvalue weighted by atomic mass is 10.00. The molecule has 1 amide bonds. The van der Waals surface area contributed by atoms with Crippen molar-refractivity contribution in [3.63, 3.8) is 0 Å². The second kappa shape index (κ2) is 12.2. The molecule has 8 nitrogen and oxygen atoms in total. The maximum atomic E-state index is 13.4. The number of hydrogen-bond acceptors (Lipinski definition) is 6. The van der Waals surface area contributed by atoms with E-state index in [-0.39, 0.29) is 44.1 Å². The molecule has 0 N–H and O–H groups in total. The highest BCUT2D eigenvalue weighted by molar-refractivity contribution is 7.89. The fourth-order valence-corrected chi connectivity index (χ4v) is 6.28. The van der Waals surface area contributed by atoms with E-state index in [1.54, 1.807) is 13.0 Å². The first-order valence-corrected chi connectivity index (χ1v) is 13.7. The molecule has 2 aromatic rings. The van der Waals surface area contributed by atoms with Gasteiger partial charge in [0.25, 0.3) is 6.47 Å². The van der Waals surface area contributed by atoms with Gasteiger partial charge in [0.1, 0.15) is 6.61 Å². The number of sulfonamides is 1. The Kier molecular flexibility index (Phi) is 9.42. The summed E-state index contributed by atoms with van der Waals surface area (Å²) in [6.07, 6.45) is -4.25. The number of ether oxygens (including phenoxy) is 1. The number of fused-ring (bicyclic) bond motifs is 1. The molecule has 0 saturated heterocycles. The molecule has 0 unspecified atom stereocenters. The van der Waals surface area contributed by atoms with Crippen molar-refractivity contribution < 1.29 is 35.9 Å². The number of amides is 1. The Bertz CT molecular complexity index is 1270. The van der Waals surface area contributed by atoms with Crippen LogP contribution in [0.3, 0.4) is 0 Å². The second-order valence-corrected chi connectivity index (χ2v) is 11.1. The van der Waals surface area contributed by atoms with Gasteiger partial charge in [-0.2, -0.15) is 17.5 Å². The number of alkyl halides is 3.